The van der Waals surface area contributed by atoms with E-state index in [1.807, 2.05) is 39.0 Å². The van der Waals surface area contributed by atoms with Gasteiger partial charge in [0.05, 0.1) is 26.9 Å². The van der Waals surface area contributed by atoms with E-state index in [4.69, 9.17) is 18.9 Å². The summed E-state index contributed by atoms with van der Waals surface area (Å²) in [6, 6.07) is 11.9. The standard InChI is InChI=1S/C32H44N2O6/c1-8-22(23-13-10-9-11-14-23)16-17-25-26(21-27(37-5)29(39-7)28(25)38-6)30(35)33-19-18-24-15-12-20-34(24)31(36)40-32(2,3)4/h9-11,13-14,16,21,24H,8,12,15,17-20H2,1-7H3,(H,33,35). The quantitative estimate of drug-likeness (QED) is 0.354. The van der Waals surface area contributed by atoms with Gasteiger partial charge in [-0.1, -0.05) is 43.3 Å². The Morgan fingerprint density at radius 2 is 1.75 bits per heavy atom. The fourth-order valence-electron chi connectivity index (χ4n) is 5.11. The Morgan fingerprint density at radius 3 is 2.35 bits per heavy atom. The van der Waals surface area contributed by atoms with Crippen LogP contribution in [0.15, 0.2) is 42.5 Å². The molecule has 0 spiro atoms. The predicted molar refractivity (Wildman–Crippen MR) is 157 cm³/mol. The van der Waals surface area contributed by atoms with E-state index < -0.39 is 5.60 Å². The van der Waals surface area contributed by atoms with Crippen molar-refractivity contribution in [3.8, 4) is 17.2 Å². The zero-order valence-electron chi connectivity index (χ0n) is 25.0. The van der Waals surface area contributed by atoms with Crippen molar-refractivity contribution < 1.29 is 28.5 Å². The highest BCUT2D eigenvalue weighted by atomic mass is 16.6. The molecule has 0 aliphatic carbocycles. The monoisotopic (exact) mass is 552 g/mol. The summed E-state index contributed by atoms with van der Waals surface area (Å²) in [4.78, 5) is 28.0. The minimum atomic E-state index is -0.548. The topological polar surface area (TPSA) is 86.3 Å². The molecule has 1 atom stereocenters. The first-order chi connectivity index (χ1) is 19.1. The van der Waals surface area contributed by atoms with Gasteiger partial charge in [-0.15, -0.1) is 0 Å². The summed E-state index contributed by atoms with van der Waals surface area (Å²) < 4.78 is 22.5. The van der Waals surface area contributed by atoms with Gasteiger partial charge in [-0.25, -0.2) is 4.79 Å². The minimum absolute atomic E-state index is 0.0236. The second-order valence-electron chi connectivity index (χ2n) is 10.8. The third-order valence-electron chi connectivity index (χ3n) is 7.02. The van der Waals surface area contributed by atoms with Gasteiger partial charge in [-0.05, 0) is 70.1 Å². The third kappa shape index (κ3) is 7.71. The number of rotatable bonds is 11. The molecule has 2 aromatic rings. The molecule has 218 valence electrons. The fraction of sp³-hybridized carbons (Fsp3) is 0.500. The number of amides is 2. The van der Waals surface area contributed by atoms with Gasteiger partial charge < -0.3 is 29.2 Å². The van der Waals surface area contributed by atoms with Gasteiger partial charge >= 0.3 is 6.09 Å². The molecule has 1 heterocycles. The van der Waals surface area contributed by atoms with Crippen LogP contribution in [0.4, 0.5) is 4.79 Å². The van der Waals surface area contributed by atoms with Crippen molar-refractivity contribution in [2.24, 2.45) is 0 Å². The van der Waals surface area contributed by atoms with Crippen LogP contribution in [0.2, 0.25) is 0 Å². The summed E-state index contributed by atoms with van der Waals surface area (Å²) >= 11 is 0. The highest BCUT2D eigenvalue weighted by Crippen LogP contribution is 2.42. The van der Waals surface area contributed by atoms with Gasteiger partial charge in [-0.2, -0.15) is 0 Å². The molecular weight excluding hydrogens is 508 g/mol. The van der Waals surface area contributed by atoms with Crippen LogP contribution in [0, 0.1) is 0 Å². The van der Waals surface area contributed by atoms with Crippen LogP contribution in [0.1, 0.15) is 74.9 Å². The minimum Gasteiger partial charge on any atom is -0.493 e. The zero-order valence-corrected chi connectivity index (χ0v) is 25.0. The number of nitrogens with zero attached hydrogens (tertiary/aromatic N) is 1. The molecule has 1 aliphatic heterocycles. The number of carbonyl (C=O) groups is 2. The van der Waals surface area contributed by atoms with Gasteiger partial charge in [0.2, 0.25) is 5.75 Å². The van der Waals surface area contributed by atoms with Crippen LogP contribution >= 0.6 is 0 Å². The molecule has 0 bridgehead atoms. The van der Waals surface area contributed by atoms with Crippen molar-refractivity contribution in [1.82, 2.24) is 10.2 Å². The summed E-state index contributed by atoms with van der Waals surface area (Å²) in [5.74, 6) is 1.10. The molecule has 1 N–H and O–H groups in total. The Morgan fingerprint density at radius 1 is 1.05 bits per heavy atom. The first kappa shape index (κ1) is 30.9. The van der Waals surface area contributed by atoms with Crippen LogP contribution in [-0.4, -0.2) is 63.0 Å². The molecule has 1 saturated heterocycles. The predicted octanol–water partition coefficient (Wildman–Crippen LogP) is 6.27. The lowest BCUT2D eigenvalue weighted by molar-refractivity contribution is 0.0221. The van der Waals surface area contributed by atoms with Gasteiger partial charge in [0.25, 0.3) is 5.91 Å². The summed E-state index contributed by atoms with van der Waals surface area (Å²) in [5.41, 5.74) is 2.95. The highest BCUT2D eigenvalue weighted by Gasteiger charge is 2.32. The largest absolute Gasteiger partial charge is 0.493 e. The number of carbonyl (C=O) groups excluding carboxylic acids is 2. The van der Waals surface area contributed by atoms with E-state index in [1.54, 1.807) is 25.2 Å². The maximum absolute atomic E-state index is 13.6. The number of allylic oxidation sites excluding steroid dienone is 2. The smallest absolute Gasteiger partial charge is 0.410 e. The molecule has 0 aromatic heterocycles. The number of benzene rings is 2. The first-order valence-electron chi connectivity index (χ1n) is 14.0. The van der Waals surface area contributed by atoms with E-state index in [2.05, 4.69) is 30.4 Å². The van der Waals surface area contributed by atoms with Crippen LogP contribution < -0.4 is 19.5 Å². The molecule has 0 saturated carbocycles. The first-order valence-corrected chi connectivity index (χ1v) is 14.0. The maximum atomic E-state index is 13.6. The zero-order chi connectivity index (χ0) is 29.3. The van der Waals surface area contributed by atoms with E-state index in [9.17, 15) is 9.59 Å². The number of nitrogens with one attached hydrogen (secondary N) is 1. The van der Waals surface area contributed by atoms with Crippen molar-refractivity contribution in [3.63, 3.8) is 0 Å². The van der Waals surface area contributed by atoms with E-state index in [1.165, 1.54) is 12.7 Å². The number of methoxy groups -OCH3 is 3. The van der Waals surface area contributed by atoms with Gasteiger partial charge in [0, 0.05) is 24.7 Å². The summed E-state index contributed by atoms with van der Waals surface area (Å²) in [7, 11) is 4.66. The van der Waals surface area contributed by atoms with Gasteiger partial charge in [0.1, 0.15) is 5.60 Å². The van der Waals surface area contributed by atoms with Crippen molar-refractivity contribution in [3.05, 3.63) is 59.2 Å². The molecule has 1 fully saturated rings. The van der Waals surface area contributed by atoms with E-state index >= 15 is 0 Å². The van der Waals surface area contributed by atoms with Crippen molar-refractivity contribution >= 4 is 17.6 Å². The molecular formula is C32H44N2O6. The summed E-state index contributed by atoms with van der Waals surface area (Å²) in [5, 5.41) is 3.06. The summed E-state index contributed by atoms with van der Waals surface area (Å²) in [6.45, 7) is 8.79. The van der Waals surface area contributed by atoms with Crippen LogP contribution in [-0.2, 0) is 11.2 Å². The second kappa shape index (κ2) is 14.1. The molecule has 0 radical (unpaired) electrons. The lowest BCUT2D eigenvalue weighted by atomic mass is 9.96. The average Bonchev–Trinajstić information content (AvgIpc) is 3.41. The molecule has 40 heavy (non-hydrogen) atoms. The Hall–Kier alpha value is -3.68. The molecule has 3 rings (SSSR count). The number of hydrogen-bond acceptors (Lipinski definition) is 6. The normalized spacial score (nSPS) is 15.5. The van der Waals surface area contributed by atoms with E-state index in [0.29, 0.717) is 48.7 Å². The highest BCUT2D eigenvalue weighted by molar-refractivity contribution is 5.97. The molecule has 1 aliphatic rings. The third-order valence-corrected chi connectivity index (χ3v) is 7.02. The van der Waals surface area contributed by atoms with Crippen LogP contribution in [0.5, 0.6) is 17.2 Å². The lowest BCUT2D eigenvalue weighted by Gasteiger charge is -2.28. The summed E-state index contributed by atoms with van der Waals surface area (Å²) in [6.07, 6.45) is 5.59. The van der Waals surface area contributed by atoms with Crippen molar-refractivity contribution in [2.45, 2.75) is 71.4 Å². The van der Waals surface area contributed by atoms with Gasteiger partial charge in [0.15, 0.2) is 11.5 Å². The fourth-order valence-corrected chi connectivity index (χ4v) is 5.11. The SMILES string of the molecule is CCC(=CCc1c(C(=O)NCCC2CCCN2C(=O)OC(C)(C)C)cc(OC)c(OC)c1OC)c1ccccc1. The Bertz CT molecular complexity index is 1190. The maximum Gasteiger partial charge on any atom is 0.410 e. The van der Waals surface area contributed by atoms with Gasteiger partial charge in [-0.3, -0.25) is 4.79 Å². The molecule has 8 heteroatoms. The van der Waals surface area contributed by atoms with Crippen LogP contribution in [0.25, 0.3) is 5.57 Å². The molecule has 8 nitrogen and oxygen atoms in total. The number of likely N-dealkylation sites (tertiary alicyclic amines) is 1. The van der Waals surface area contributed by atoms with Crippen molar-refractivity contribution in [1.29, 1.82) is 0 Å². The molecule has 2 amide bonds. The Kier molecular flexibility index (Phi) is 10.9. The Labute approximate surface area is 238 Å². The number of ether oxygens (including phenoxy) is 4. The second-order valence-corrected chi connectivity index (χ2v) is 10.8. The van der Waals surface area contributed by atoms with Crippen molar-refractivity contribution in [2.75, 3.05) is 34.4 Å². The number of hydrogen-bond donors (Lipinski definition) is 1. The lowest BCUT2D eigenvalue weighted by Crippen LogP contribution is -2.41. The average molecular weight is 553 g/mol. The van der Waals surface area contributed by atoms with E-state index in [0.717, 1.165) is 30.4 Å². The van der Waals surface area contributed by atoms with E-state index in [-0.39, 0.29) is 18.0 Å². The molecule has 1 unspecified atom stereocenters. The van der Waals surface area contributed by atoms with Crippen LogP contribution in [0.3, 0.4) is 0 Å². The Balaban J connectivity index is 1.83. The molecule has 2 aromatic carbocycles.